The van der Waals surface area contributed by atoms with Gasteiger partial charge in [0, 0.05) is 24.2 Å². The summed E-state index contributed by atoms with van der Waals surface area (Å²) < 4.78 is 0. The highest BCUT2D eigenvalue weighted by atomic mass is 16.6. The van der Waals surface area contributed by atoms with E-state index in [9.17, 15) is 14.9 Å². The molecule has 4 heteroatoms. The van der Waals surface area contributed by atoms with Crippen LogP contribution < -0.4 is 0 Å². The van der Waals surface area contributed by atoms with Crippen LogP contribution in [0.5, 0.6) is 0 Å². The number of hydrogen-bond acceptors (Lipinski definition) is 3. The first-order valence-electron chi connectivity index (χ1n) is 8.41. The fourth-order valence-corrected chi connectivity index (χ4v) is 2.08. The molecule has 0 radical (unpaired) electrons. The second kappa shape index (κ2) is 15.8. The van der Waals surface area contributed by atoms with Crippen molar-refractivity contribution in [2.45, 2.75) is 83.6 Å². The van der Waals surface area contributed by atoms with Crippen molar-refractivity contribution in [1.82, 2.24) is 0 Å². The van der Waals surface area contributed by atoms with Crippen molar-refractivity contribution in [1.29, 1.82) is 0 Å². The van der Waals surface area contributed by atoms with E-state index >= 15 is 0 Å². The molecule has 0 saturated heterocycles. The lowest BCUT2D eigenvalue weighted by atomic mass is 10.1. The van der Waals surface area contributed by atoms with E-state index in [-0.39, 0.29) is 0 Å². The number of allylic oxidation sites excluding steroid dienone is 2. The summed E-state index contributed by atoms with van der Waals surface area (Å²) in [5.74, 6) is 6.29. The van der Waals surface area contributed by atoms with Crippen LogP contribution in [0.15, 0.2) is 12.2 Å². The molecule has 0 aliphatic heterocycles. The second-order valence-electron chi connectivity index (χ2n) is 5.47. The molecule has 124 valence electrons. The number of carbonyl (C=O) groups is 1. The fourth-order valence-electron chi connectivity index (χ4n) is 2.08. The van der Waals surface area contributed by atoms with Crippen molar-refractivity contribution >= 4 is 6.29 Å². The standard InChI is InChI=1S/C18H29NO3/c1-2-3-4-5-6-7-8-9-10-11-12-13-14-15-16-18(17-20)19(21)22/h12-13,17-18H,2-8,11,14-16H2,1H3/b13-12+. The van der Waals surface area contributed by atoms with Gasteiger partial charge in [0.25, 0.3) is 6.04 Å². The zero-order chi connectivity index (χ0) is 16.5. The van der Waals surface area contributed by atoms with Crippen LogP contribution in [0.4, 0.5) is 0 Å². The van der Waals surface area contributed by atoms with Gasteiger partial charge in [-0.1, -0.05) is 57.1 Å². The molecule has 0 N–H and O–H groups in total. The smallest absolute Gasteiger partial charge is 0.267 e. The summed E-state index contributed by atoms with van der Waals surface area (Å²) in [5.41, 5.74) is 0. The summed E-state index contributed by atoms with van der Waals surface area (Å²) in [6.45, 7) is 2.22. The third-order valence-corrected chi connectivity index (χ3v) is 3.47. The van der Waals surface area contributed by atoms with Crippen LogP contribution in [0.3, 0.4) is 0 Å². The van der Waals surface area contributed by atoms with Crippen LogP contribution in [0, 0.1) is 22.0 Å². The van der Waals surface area contributed by atoms with Crippen molar-refractivity contribution < 1.29 is 9.72 Å². The van der Waals surface area contributed by atoms with Crippen LogP contribution in [-0.4, -0.2) is 17.3 Å². The number of carbonyl (C=O) groups excluding carboxylic acids is 1. The Bertz CT molecular complexity index is 380. The van der Waals surface area contributed by atoms with Crippen LogP contribution >= 0.6 is 0 Å². The summed E-state index contributed by atoms with van der Waals surface area (Å²) in [5, 5.41) is 10.4. The molecule has 0 saturated carbocycles. The van der Waals surface area contributed by atoms with Gasteiger partial charge < -0.3 is 0 Å². The van der Waals surface area contributed by atoms with E-state index in [1.165, 1.54) is 38.5 Å². The third-order valence-electron chi connectivity index (χ3n) is 3.47. The highest BCUT2D eigenvalue weighted by Crippen LogP contribution is 2.06. The predicted molar refractivity (Wildman–Crippen MR) is 90.2 cm³/mol. The van der Waals surface area contributed by atoms with Gasteiger partial charge in [-0.3, -0.25) is 14.9 Å². The molecule has 22 heavy (non-hydrogen) atoms. The minimum atomic E-state index is -1.05. The summed E-state index contributed by atoms with van der Waals surface area (Å²) in [6, 6.07) is -1.05. The summed E-state index contributed by atoms with van der Waals surface area (Å²) >= 11 is 0. The van der Waals surface area contributed by atoms with Crippen LogP contribution in [-0.2, 0) is 4.79 Å². The molecule has 1 unspecified atom stereocenters. The summed E-state index contributed by atoms with van der Waals surface area (Å²) in [6.07, 6.45) is 15.6. The predicted octanol–water partition coefficient (Wildman–Crippen LogP) is 4.70. The van der Waals surface area contributed by atoms with Gasteiger partial charge in [-0.15, -0.1) is 5.92 Å². The highest BCUT2D eigenvalue weighted by molar-refractivity contribution is 5.55. The Hall–Kier alpha value is -1.63. The Balaban J connectivity index is 3.46. The van der Waals surface area contributed by atoms with E-state index in [0.29, 0.717) is 19.1 Å². The molecule has 1 atom stereocenters. The zero-order valence-electron chi connectivity index (χ0n) is 13.8. The van der Waals surface area contributed by atoms with Crippen LogP contribution in [0.1, 0.15) is 77.6 Å². The third kappa shape index (κ3) is 13.4. The molecule has 0 aromatic rings. The summed E-state index contributed by atoms with van der Waals surface area (Å²) in [7, 11) is 0. The highest BCUT2D eigenvalue weighted by Gasteiger charge is 2.16. The number of nitrogens with zero attached hydrogens (tertiary/aromatic N) is 1. The average molecular weight is 307 g/mol. The lowest BCUT2D eigenvalue weighted by Gasteiger charge is -1.99. The number of hydrogen-bond donors (Lipinski definition) is 0. The first-order chi connectivity index (χ1) is 10.7. The molecule has 4 nitrogen and oxygen atoms in total. The van der Waals surface area contributed by atoms with Gasteiger partial charge in [0.2, 0.25) is 0 Å². The second-order valence-corrected chi connectivity index (χ2v) is 5.47. The van der Waals surface area contributed by atoms with E-state index in [1.807, 2.05) is 12.2 Å². The van der Waals surface area contributed by atoms with E-state index < -0.39 is 11.0 Å². The Kier molecular flexibility index (Phi) is 14.6. The number of unbranched alkanes of at least 4 members (excludes halogenated alkanes) is 7. The monoisotopic (exact) mass is 307 g/mol. The van der Waals surface area contributed by atoms with E-state index in [0.717, 1.165) is 19.3 Å². The van der Waals surface area contributed by atoms with Crippen molar-refractivity contribution in [3.8, 4) is 11.8 Å². The molecule has 0 aliphatic rings. The van der Waals surface area contributed by atoms with Crippen molar-refractivity contribution in [3.05, 3.63) is 22.3 Å². The molecule has 0 heterocycles. The number of aldehydes is 1. The molecular weight excluding hydrogens is 278 g/mol. The fraction of sp³-hybridized carbons (Fsp3) is 0.722. The summed E-state index contributed by atoms with van der Waals surface area (Å²) in [4.78, 5) is 20.3. The zero-order valence-corrected chi connectivity index (χ0v) is 13.8. The minimum Gasteiger partial charge on any atom is -0.296 e. The van der Waals surface area contributed by atoms with Gasteiger partial charge >= 0.3 is 0 Å². The molecule has 0 aliphatic carbocycles. The number of rotatable bonds is 13. The quantitative estimate of drug-likeness (QED) is 0.124. The van der Waals surface area contributed by atoms with Crippen molar-refractivity contribution in [3.63, 3.8) is 0 Å². The molecular formula is C18H29NO3. The maximum Gasteiger partial charge on any atom is 0.267 e. The lowest BCUT2D eigenvalue weighted by Crippen LogP contribution is -2.20. The Morgan fingerprint density at radius 2 is 1.77 bits per heavy atom. The SMILES string of the molecule is CCCCCCCCC#CC/C=C/CCCC(C=O)[N+](=O)[O-]. The molecule has 0 aromatic heterocycles. The average Bonchev–Trinajstić information content (AvgIpc) is 2.51. The van der Waals surface area contributed by atoms with Gasteiger partial charge in [0.1, 0.15) is 0 Å². The van der Waals surface area contributed by atoms with Gasteiger partial charge in [-0.2, -0.15) is 0 Å². The van der Waals surface area contributed by atoms with E-state index in [1.54, 1.807) is 0 Å². The normalized spacial score (nSPS) is 11.9. The molecule has 0 aromatic carbocycles. The van der Waals surface area contributed by atoms with Crippen molar-refractivity contribution in [2.24, 2.45) is 0 Å². The Morgan fingerprint density at radius 3 is 2.45 bits per heavy atom. The number of nitro groups is 1. The first-order valence-corrected chi connectivity index (χ1v) is 8.41. The van der Waals surface area contributed by atoms with Gasteiger partial charge in [-0.05, 0) is 19.3 Å². The van der Waals surface area contributed by atoms with E-state index in [4.69, 9.17) is 0 Å². The van der Waals surface area contributed by atoms with E-state index in [2.05, 4.69) is 18.8 Å². The Labute approximate surface area is 134 Å². The van der Waals surface area contributed by atoms with Crippen LogP contribution in [0.2, 0.25) is 0 Å². The largest absolute Gasteiger partial charge is 0.296 e. The topological polar surface area (TPSA) is 60.2 Å². The maximum atomic E-state index is 10.4. The molecule has 0 fully saturated rings. The lowest BCUT2D eigenvalue weighted by molar-refractivity contribution is -0.506. The van der Waals surface area contributed by atoms with Gasteiger partial charge in [0.15, 0.2) is 6.29 Å². The maximum absolute atomic E-state index is 10.4. The first kappa shape index (κ1) is 20.4. The minimum absolute atomic E-state index is 0.310. The molecule has 0 spiro atoms. The molecule has 0 amide bonds. The van der Waals surface area contributed by atoms with Crippen LogP contribution in [0.25, 0.3) is 0 Å². The Morgan fingerprint density at radius 1 is 1.05 bits per heavy atom. The van der Waals surface area contributed by atoms with Gasteiger partial charge in [-0.25, -0.2) is 0 Å². The molecule has 0 bridgehead atoms. The molecule has 0 rings (SSSR count). The van der Waals surface area contributed by atoms with Crippen molar-refractivity contribution in [2.75, 3.05) is 0 Å². The van der Waals surface area contributed by atoms with Gasteiger partial charge in [0.05, 0.1) is 0 Å².